The molecule has 37 heavy (non-hydrogen) atoms. The van der Waals surface area contributed by atoms with Gasteiger partial charge in [0.15, 0.2) is 5.65 Å². The first-order valence-electron chi connectivity index (χ1n) is 13.2. The molecule has 0 bridgehead atoms. The van der Waals surface area contributed by atoms with Crippen molar-refractivity contribution < 1.29 is 0 Å². The Balaban J connectivity index is 1.49. The smallest absolute Gasteiger partial charge is 0.252 e. The number of aromatic nitrogens is 6. The molecule has 0 aliphatic carbocycles. The largest absolute Gasteiger partial charge is 0.364 e. The van der Waals surface area contributed by atoms with E-state index < -0.39 is 0 Å². The Hall–Kier alpha value is -3.71. The number of pyridine rings is 1. The fourth-order valence-electron chi connectivity index (χ4n) is 5.58. The highest BCUT2D eigenvalue weighted by molar-refractivity contribution is 5.88. The molecule has 1 aliphatic heterocycles. The van der Waals surface area contributed by atoms with Gasteiger partial charge in [-0.15, -0.1) is 0 Å². The number of hydrogen-bond donors (Lipinski definition) is 0. The van der Waals surface area contributed by atoms with Gasteiger partial charge < -0.3 is 9.47 Å². The van der Waals surface area contributed by atoms with Gasteiger partial charge in [-0.1, -0.05) is 20.8 Å². The molecule has 10 nitrogen and oxygen atoms in total. The van der Waals surface area contributed by atoms with Crippen LogP contribution in [-0.4, -0.2) is 59.0 Å². The van der Waals surface area contributed by atoms with Gasteiger partial charge in [0, 0.05) is 38.3 Å². The van der Waals surface area contributed by atoms with Gasteiger partial charge in [-0.2, -0.15) is 15.5 Å². The van der Waals surface area contributed by atoms with Crippen LogP contribution >= 0.6 is 0 Å². The first kappa shape index (κ1) is 25.0. The predicted molar refractivity (Wildman–Crippen MR) is 144 cm³/mol. The van der Waals surface area contributed by atoms with Crippen molar-refractivity contribution in [2.45, 2.75) is 71.6 Å². The number of rotatable bonds is 7. The van der Waals surface area contributed by atoms with Crippen molar-refractivity contribution in [1.29, 1.82) is 5.26 Å². The maximum atomic E-state index is 12.9. The van der Waals surface area contributed by atoms with E-state index in [0.717, 1.165) is 66.1 Å². The normalized spacial score (nSPS) is 19.5. The molecule has 4 aromatic rings. The van der Waals surface area contributed by atoms with Crippen LogP contribution in [0.5, 0.6) is 0 Å². The molecule has 3 atom stereocenters. The Labute approximate surface area is 216 Å². The Morgan fingerprint density at radius 2 is 1.89 bits per heavy atom. The fraction of sp³-hybridized carbons (Fsp3) is 0.519. The Kier molecular flexibility index (Phi) is 6.73. The number of fused-ring (bicyclic) bond motifs is 2. The minimum absolute atomic E-state index is 0.0676. The fourth-order valence-corrected chi connectivity index (χ4v) is 5.58. The first-order valence-corrected chi connectivity index (χ1v) is 13.2. The highest BCUT2D eigenvalue weighted by atomic mass is 16.1. The van der Waals surface area contributed by atoms with Gasteiger partial charge in [-0.25, -0.2) is 9.50 Å². The number of nitriles is 1. The van der Waals surface area contributed by atoms with Gasteiger partial charge in [0.25, 0.3) is 5.56 Å². The summed E-state index contributed by atoms with van der Waals surface area (Å²) in [5.74, 6) is 0. The van der Waals surface area contributed by atoms with Crippen LogP contribution in [-0.2, 0) is 20.0 Å². The number of piperazine rings is 1. The molecule has 0 N–H and O–H groups in total. The van der Waals surface area contributed by atoms with Crippen LogP contribution in [0, 0.1) is 11.3 Å². The van der Waals surface area contributed by atoms with E-state index in [-0.39, 0.29) is 30.2 Å². The predicted octanol–water partition coefficient (Wildman–Crippen LogP) is 3.30. The number of aryl methyl sites for hydroxylation is 2. The molecule has 10 heteroatoms. The molecule has 0 spiro atoms. The third-order valence-corrected chi connectivity index (χ3v) is 7.84. The molecule has 1 unspecified atom stereocenters. The number of hydrogen-bond acceptors (Lipinski definition) is 7. The van der Waals surface area contributed by atoms with Gasteiger partial charge in [0.2, 0.25) is 0 Å². The maximum absolute atomic E-state index is 12.9. The Bertz CT molecular complexity index is 1520. The van der Waals surface area contributed by atoms with Crippen LogP contribution in [0.2, 0.25) is 0 Å². The second kappa shape index (κ2) is 9.98. The molecule has 4 aromatic heterocycles. The summed E-state index contributed by atoms with van der Waals surface area (Å²) in [6.07, 6.45) is 6.60. The van der Waals surface area contributed by atoms with E-state index in [1.165, 1.54) is 0 Å². The second-order valence-electron chi connectivity index (χ2n) is 9.94. The quantitative estimate of drug-likeness (QED) is 0.383. The molecule has 1 saturated heterocycles. The Morgan fingerprint density at radius 1 is 1.11 bits per heavy atom. The molecule has 0 radical (unpaired) electrons. The average molecular weight is 502 g/mol. The standard InChI is InChI=1S/C27H35N9O/c1-6-19-14-36-25(29-19)10-9-22(30-36)18(4)34-15-21(8-3)35(16-20(34)7-2)23-13-26(37)32(5)24-17-33(12-11-28)31-27(23)24/h9-10,13-14,17-18,20-21H,6-8,12,15-16H2,1-5H3/t18?,20-,21+/m1/s1. The van der Waals surface area contributed by atoms with Crippen molar-refractivity contribution in [3.63, 3.8) is 0 Å². The van der Waals surface area contributed by atoms with Crippen molar-refractivity contribution in [2.24, 2.45) is 7.05 Å². The van der Waals surface area contributed by atoms with Crippen LogP contribution in [0.1, 0.15) is 58.0 Å². The lowest BCUT2D eigenvalue weighted by Crippen LogP contribution is -2.59. The topological polar surface area (TPSA) is 100 Å². The van der Waals surface area contributed by atoms with Gasteiger partial charge in [0.1, 0.15) is 12.1 Å². The van der Waals surface area contributed by atoms with Gasteiger partial charge in [-0.05, 0) is 38.3 Å². The molecule has 0 amide bonds. The number of anilines is 1. The van der Waals surface area contributed by atoms with E-state index in [0.29, 0.717) is 0 Å². The lowest BCUT2D eigenvalue weighted by Gasteiger charge is -2.49. The monoisotopic (exact) mass is 501 g/mol. The van der Waals surface area contributed by atoms with Crippen LogP contribution < -0.4 is 10.5 Å². The summed E-state index contributed by atoms with van der Waals surface area (Å²) in [7, 11) is 1.76. The summed E-state index contributed by atoms with van der Waals surface area (Å²) < 4.78 is 5.12. The summed E-state index contributed by atoms with van der Waals surface area (Å²) in [6, 6.07) is 8.64. The van der Waals surface area contributed by atoms with Crippen LogP contribution in [0.4, 0.5) is 5.69 Å². The van der Waals surface area contributed by atoms with Crippen LogP contribution in [0.15, 0.2) is 35.4 Å². The molecular formula is C27H35N9O. The summed E-state index contributed by atoms with van der Waals surface area (Å²) in [6.45, 7) is 10.5. The van der Waals surface area contributed by atoms with Gasteiger partial charge in [0.05, 0.1) is 47.1 Å². The third kappa shape index (κ3) is 4.37. The zero-order chi connectivity index (χ0) is 26.3. The molecule has 5 heterocycles. The van der Waals surface area contributed by atoms with E-state index >= 15 is 0 Å². The zero-order valence-electron chi connectivity index (χ0n) is 22.3. The van der Waals surface area contributed by atoms with Crippen molar-refractivity contribution in [2.75, 3.05) is 18.0 Å². The van der Waals surface area contributed by atoms with Crippen LogP contribution in [0.25, 0.3) is 16.7 Å². The van der Waals surface area contributed by atoms with E-state index in [1.54, 1.807) is 28.6 Å². The van der Waals surface area contributed by atoms with Crippen molar-refractivity contribution in [3.05, 3.63) is 52.3 Å². The first-order chi connectivity index (χ1) is 17.9. The molecule has 0 aromatic carbocycles. The summed E-state index contributed by atoms with van der Waals surface area (Å²) in [5, 5.41) is 18.8. The lowest BCUT2D eigenvalue weighted by atomic mass is 9.98. The minimum atomic E-state index is -0.0676. The van der Waals surface area contributed by atoms with E-state index in [2.05, 4.69) is 60.7 Å². The number of imidazole rings is 1. The highest BCUT2D eigenvalue weighted by Crippen LogP contribution is 2.34. The minimum Gasteiger partial charge on any atom is -0.364 e. The van der Waals surface area contributed by atoms with Crippen molar-refractivity contribution in [1.82, 2.24) is 33.8 Å². The molecule has 5 rings (SSSR count). The van der Waals surface area contributed by atoms with Crippen molar-refractivity contribution in [3.8, 4) is 6.07 Å². The highest BCUT2D eigenvalue weighted by Gasteiger charge is 2.36. The van der Waals surface area contributed by atoms with Gasteiger partial charge in [-0.3, -0.25) is 14.4 Å². The molecule has 194 valence electrons. The van der Waals surface area contributed by atoms with Crippen LogP contribution in [0.3, 0.4) is 0 Å². The Morgan fingerprint density at radius 3 is 2.59 bits per heavy atom. The lowest BCUT2D eigenvalue weighted by molar-refractivity contribution is 0.0986. The third-order valence-electron chi connectivity index (χ3n) is 7.84. The molecular weight excluding hydrogens is 466 g/mol. The molecule has 0 saturated carbocycles. The summed E-state index contributed by atoms with van der Waals surface area (Å²) in [4.78, 5) is 22.5. The summed E-state index contributed by atoms with van der Waals surface area (Å²) >= 11 is 0. The maximum Gasteiger partial charge on any atom is 0.252 e. The SMILES string of the molecule is CCc1cn2nc(C(C)N3C[C@H](CC)N(c4cc(=O)n(C)c5cn(CC#N)nc45)C[C@H]3CC)ccc2n1. The number of nitrogens with zero attached hydrogens (tertiary/aromatic N) is 9. The average Bonchev–Trinajstić information content (AvgIpc) is 3.53. The van der Waals surface area contributed by atoms with E-state index in [1.807, 2.05) is 10.7 Å². The second-order valence-corrected chi connectivity index (χ2v) is 9.94. The zero-order valence-corrected chi connectivity index (χ0v) is 22.3. The van der Waals surface area contributed by atoms with E-state index in [9.17, 15) is 10.1 Å². The van der Waals surface area contributed by atoms with E-state index in [4.69, 9.17) is 10.2 Å². The van der Waals surface area contributed by atoms with Gasteiger partial charge >= 0.3 is 0 Å². The molecule has 1 aliphatic rings. The molecule has 1 fully saturated rings. The van der Waals surface area contributed by atoms with Crippen molar-refractivity contribution >= 4 is 22.4 Å². The summed E-state index contributed by atoms with van der Waals surface area (Å²) in [5.41, 5.74) is 5.26.